The van der Waals surface area contributed by atoms with Crippen LogP contribution in [0.2, 0.25) is 0 Å². The number of para-hydroxylation sites is 1. The Morgan fingerprint density at radius 1 is 1.08 bits per heavy atom. The topological polar surface area (TPSA) is 53.1 Å². The lowest BCUT2D eigenvalue weighted by Gasteiger charge is -2.37. The van der Waals surface area contributed by atoms with Gasteiger partial charge in [0.25, 0.3) is 0 Å². The standard InChI is InChI=1S/C19H25N3O3/c1-2-18(23)22-12-13-25-17(15-22)14-19(24)21-10-8-20(9-11-21)16-6-4-3-5-7-16/h2-7,17H,1,8-15H2/t17-/m0/s1. The second-order valence-corrected chi connectivity index (χ2v) is 6.39. The molecule has 1 aromatic rings. The molecule has 1 atom stereocenters. The summed E-state index contributed by atoms with van der Waals surface area (Å²) in [5, 5.41) is 0. The molecule has 3 rings (SSSR count). The molecular formula is C19H25N3O3. The Morgan fingerprint density at radius 2 is 1.80 bits per heavy atom. The summed E-state index contributed by atoms with van der Waals surface area (Å²) >= 11 is 0. The van der Waals surface area contributed by atoms with E-state index in [1.807, 2.05) is 23.1 Å². The number of amides is 2. The summed E-state index contributed by atoms with van der Waals surface area (Å²) in [6, 6.07) is 10.3. The Bertz CT molecular complexity index is 612. The van der Waals surface area contributed by atoms with Gasteiger partial charge >= 0.3 is 0 Å². The predicted octanol–water partition coefficient (Wildman–Crippen LogP) is 1.14. The van der Waals surface area contributed by atoms with Crippen molar-refractivity contribution in [2.45, 2.75) is 12.5 Å². The van der Waals surface area contributed by atoms with Crippen molar-refractivity contribution < 1.29 is 14.3 Å². The number of ether oxygens (including phenoxy) is 1. The van der Waals surface area contributed by atoms with Crippen LogP contribution in [0.1, 0.15) is 6.42 Å². The van der Waals surface area contributed by atoms with E-state index in [0.29, 0.717) is 26.1 Å². The van der Waals surface area contributed by atoms with Gasteiger partial charge < -0.3 is 19.4 Å². The molecule has 1 aromatic carbocycles. The van der Waals surface area contributed by atoms with Crippen molar-refractivity contribution in [3.05, 3.63) is 43.0 Å². The lowest BCUT2D eigenvalue weighted by Crippen LogP contribution is -2.51. The first-order chi connectivity index (χ1) is 12.2. The smallest absolute Gasteiger partial charge is 0.246 e. The van der Waals surface area contributed by atoms with Crippen LogP contribution in [-0.2, 0) is 14.3 Å². The molecule has 6 heteroatoms. The lowest BCUT2D eigenvalue weighted by atomic mass is 10.1. The quantitative estimate of drug-likeness (QED) is 0.770. The zero-order valence-electron chi connectivity index (χ0n) is 14.5. The van der Waals surface area contributed by atoms with Gasteiger partial charge in [-0.2, -0.15) is 0 Å². The van der Waals surface area contributed by atoms with Gasteiger partial charge in [-0.25, -0.2) is 0 Å². The summed E-state index contributed by atoms with van der Waals surface area (Å²) < 4.78 is 5.67. The first kappa shape index (κ1) is 17.5. The summed E-state index contributed by atoms with van der Waals surface area (Å²) in [6.07, 6.45) is 1.41. The van der Waals surface area contributed by atoms with E-state index in [1.165, 1.54) is 11.8 Å². The largest absolute Gasteiger partial charge is 0.374 e. The van der Waals surface area contributed by atoms with Crippen LogP contribution in [0.15, 0.2) is 43.0 Å². The van der Waals surface area contributed by atoms with Crippen molar-refractivity contribution in [3.8, 4) is 0 Å². The maximum atomic E-state index is 12.6. The zero-order chi connectivity index (χ0) is 17.6. The van der Waals surface area contributed by atoms with Crippen LogP contribution in [0.25, 0.3) is 0 Å². The number of anilines is 1. The minimum atomic E-state index is -0.225. The van der Waals surface area contributed by atoms with E-state index in [4.69, 9.17) is 4.74 Å². The molecule has 2 aliphatic heterocycles. The number of piperazine rings is 1. The van der Waals surface area contributed by atoms with Crippen LogP contribution in [0, 0.1) is 0 Å². The molecule has 0 saturated carbocycles. The summed E-state index contributed by atoms with van der Waals surface area (Å²) in [4.78, 5) is 30.2. The van der Waals surface area contributed by atoms with Crippen LogP contribution < -0.4 is 4.90 Å². The third-order valence-corrected chi connectivity index (χ3v) is 4.78. The van der Waals surface area contributed by atoms with E-state index in [0.717, 1.165) is 26.2 Å². The number of rotatable bonds is 4. The maximum absolute atomic E-state index is 12.6. The fourth-order valence-corrected chi connectivity index (χ4v) is 3.35. The van der Waals surface area contributed by atoms with Gasteiger partial charge in [0.05, 0.1) is 19.1 Å². The normalized spacial score (nSPS) is 21.1. The Labute approximate surface area is 148 Å². The van der Waals surface area contributed by atoms with Crippen LogP contribution in [-0.4, -0.2) is 73.6 Å². The molecule has 2 heterocycles. The Kier molecular flexibility index (Phi) is 5.71. The van der Waals surface area contributed by atoms with Gasteiger partial charge in [0.15, 0.2) is 0 Å². The number of nitrogens with zero attached hydrogens (tertiary/aromatic N) is 3. The predicted molar refractivity (Wildman–Crippen MR) is 96.4 cm³/mol. The maximum Gasteiger partial charge on any atom is 0.246 e. The fourth-order valence-electron chi connectivity index (χ4n) is 3.35. The molecule has 0 radical (unpaired) electrons. The van der Waals surface area contributed by atoms with Gasteiger partial charge in [0, 0.05) is 45.0 Å². The summed E-state index contributed by atoms with van der Waals surface area (Å²) in [5.41, 5.74) is 1.20. The molecule has 0 spiro atoms. The van der Waals surface area contributed by atoms with Crippen LogP contribution in [0.4, 0.5) is 5.69 Å². The molecule has 6 nitrogen and oxygen atoms in total. The molecule has 0 unspecified atom stereocenters. The number of benzene rings is 1. The highest BCUT2D eigenvalue weighted by Crippen LogP contribution is 2.17. The van der Waals surface area contributed by atoms with E-state index >= 15 is 0 Å². The molecule has 134 valence electrons. The van der Waals surface area contributed by atoms with Gasteiger partial charge in [0.1, 0.15) is 0 Å². The van der Waals surface area contributed by atoms with Crippen LogP contribution in [0.5, 0.6) is 0 Å². The van der Waals surface area contributed by atoms with Crippen molar-refractivity contribution in [3.63, 3.8) is 0 Å². The van der Waals surface area contributed by atoms with Gasteiger partial charge in [-0.3, -0.25) is 9.59 Å². The third kappa shape index (κ3) is 4.39. The molecule has 2 fully saturated rings. The molecule has 25 heavy (non-hydrogen) atoms. The number of hydrogen-bond acceptors (Lipinski definition) is 4. The number of hydrogen-bond donors (Lipinski definition) is 0. The number of carbonyl (C=O) groups is 2. The van der Waals surface area contributed by atoms with E-state index in [9.17, 15) is 9.59 Å². The minimum Gasteiger partial charge on any atom is -0.374 e. The zero-order valence-corrected chi connectivity index (χ0v) is 14.5. The fraction of sp³-hybridized carbons (Fsp3) is 0.474. The highest BCUT2D eigenvalue weighted by molar-refractivity contribution is 5.87. The summed E-state index contributed by atoms with van der Waals surface area (Å²) in [7, 11) is 0. The first-order valence-corrected chi connectivity index (χ1v) is 8.78. The molecule has 0 N–H and O–H groups in total. The number of carbonyl (C=O) groups excluding carboxylic acids is 2. The SMILES string of the molecule is C=CC(=O)N1CCO[C@@H](CC(=O)N2CCN(c3ccccc3)CC2)C1. The van der Waals surface area contributed by atoms with Crippen molar-refractivity contribution in [2.75, 3.05) is 50.8 Å². The highest BCUT2D eigenvalue weighted by Gasteiger charge is 2.28. The highest BCUT2D eigenvalue weighted by atomic mass is 16.5. The average Bonchev–Trinajstić information content (AvgIpc) is 2.68. The van der Waals surface area contributed by atoms with Crippen molar-refractivity contribution in [1.82, 2.24) is 9.80 Å². The Morgan fingerprint density at radius 3 is 2.48 bits per heavy atom. The summed E-state index contributed by atoms with van der Waals surface area (Å²) in [5.74, 6) is 0.00263. The van der Waals surface area contributed by atoms with E-state index in [2.05, 4.69) is 23.6 Å². The molecule has 2 aliphatic rings. The van der Waals surface area contributed by atoms with E-state index in [-0.39, 0.29) is 17.9 Å². The van der Waals surface area contributed by atoms with Gasteiger partial charge in [-0.1, -0.05) is 24.8 Å². The minimum absolute atomic E-state index is 0.0998. The van der Waals surface area contributed by atoms with Crippen molar-refractivity contribution in [2.24, 2.45) is 0 Å². The van der Waals surface area contributed by atoms with Gasteiger partial charge in [0.2, 0.25) is 11.8 Å². The molecule has 0 aromatic heterocycles. The summed E-state index contributed by atoms with van der Waals surface area (Å²) in [6.45, 7) is 8.11. The van der Waals surface area contributed by atoms with E-state index < -0.39 is 0 Å². The Hall–Kier alpha value is -2.34. The van der Waals surface area contributed by atoms with Crippen LogP contribution in [0.3, 0.4) is 0 Å². The molecular weight excluding hydrogens is 318 g/mol. The van der Waals surface area contributed by atoms with Crippen molar-refractivity contribution in [1.29, 1.82) is 0 Å². The van der Waals surface area contributed by atoms with Crippen LogP contribution >= 0.6 is 0 Å². The van der Waals surface area contributed by atoms with Gasteiger partial charge in [-0.05, 0) is 18.2 Å². The first-order valence-electron chi connectivity index (χ1n) is 8.78. The van der Waals surface area contributed by atoms with Crippen molar-refractivity contribution >= 4 is 17.5 Å². The Balaban J connectivity index is 1.48. The third-order valence-electron chi connectivity index (χ3n) is 4.78. The molecule has 0 aliphatic carbocycles. The lowest BCUT2D eigenvalue weighted by molar-refractivity contribution is -0.141. The molecule has 2 amide bonds. The van der Waals surface area contributed by atoms with E-state index in [1.54, 1.807) is 4.90 Å². The average molecular weight is 343 g/mol. The molecule has 2 saturated heterocycles. The van der Waals surface area contributed by atoms with Gasteiger partial charge in [-0.15, -0.1) is 0 Å². The monoisotopic (exact) mass is 343 g/mol. The second-order valence-electron chi connectivity index (χ2n) is 6.39. The molecule has 0 bridgehead atoms. The number of morpholine rings is 1. The second kappa shape index (κ2) is 8.16.